The third-order valence-electron chi connectivity index (χ3n) is 5.26. The highest BCUT2D eigenvalue weighted by Gasteiger charge is 2.21. The molecule has 2 aromatic heterocycles. The van der Waals surface area contributed by atoms with Gasteiger partial charge in [0, 0.05) is 77.5 Å². The van der Waals surface area contributed by atoms with Gasteiger partial charge in [0.25, 0.3) is 0 Å². The molecule has 0 radical (unpaired) electrons. The normalized spacial score (nSPS) is 14.8. The summed E-state index contributed by atoms with van der Waals surface area (Å²) in [7, 11) is 1.84. The molecule has 0 unspecified atom stereocenters. The number of imidazole rings is 1. The fourth-order valence-electron chi connectivity index (χ4n) is 3.68. The van der Waals surface area contributed by atoms with Gasteiger partial charge in [-0.25, -0.2) is 15.0 Å². The van der Waals surface area contributed by atoms with Crippen molar-refractivity contribution in [1.82, 2.24) is 29.7 Å². The van der Waals surface area contributed by atoms with Gasteiger partial charge in [-0.15, -0.1) is 0 Å². The Morgan fingerprint density at radius 3 is 2.47 bits per heavy atom. The lowest BCUT2D eigenvalue weighted by Crippen LogP contribution is -2.53. The molecule has 0 atom stereocenters. The second-order valence-electron chi connectivity index (χ2n) is 7.20. The number of anilines is 1. The molecule has 1 aromatic carbocycles. The van der Waals surface area contributed by atoms with E-state index in [1.54, 1.807) is 12.4 Å². The van der Waals surface area contributed by atoms with Gasteiger partial charge in [-0.2, -0.15) is 0 Å². The summed E-state index contributed by atoms with van der Waals surface area (Å²) in [4.78, 5) is 22.2. The van der Waals surface area contributed by atoms with Crippen molar-refractivity contribution in [3.8, 4) is 0 Å². The van der Waals surface area contributed by atoms with Crippen LogP contribution in [0, 0.1) is 0 Å². The maximum absolute atomic E-state index is 4.54. The molecule has 1 saturated heterocycles. The average molecular weight is 405 g/mol. The first-order valence-electron chi connectivity index (χ1n) is 10.3. The Kier molecular flexibility index (Phi) is 6.54. The molecule has 1 N–H and O–H groups in total. The minimum atomic E-state index is 0.792. The van der Waals surface area contributed by atoms with E-state index in [4.69, 9.17) is 0 Å². The highest BCUT2D eigenvalue weighted by atomic mass is 15.4. The first-order chi connectivity index (χ1) is 14.8. The van der Waals surface area contributed by atoms with E-state index in [1.807, 2.05) is 31.6 Å². The number of aliphatic imine (C=N–C) groups is 1. The van der Waals surface area contributed by atoms with Gasteiger partial charge in [0.1, 0.15) is 5.82 Å². The number of nitrogens with zero attached hydrogens (tertiary/aromatic N) is 7. The minimum absolute atomic E-state index is 0.792. The summed E-state index contributed by atoms with van der Waals surface area (Å²) in [6.07, 6.45) is 8.34. The monoisotopic (exact) mass is 404 g/mol. The second kappa shape index (κ2) is 9.87. The molecule has 156 valence electrons. The van der Waals surface area contributed by atoms with Crippen molar-refractivity contribution < 1.29 is 0 Å². The number of hydrogen-bond donors (Lipinski definition) is 1. The number of benzene rings is 1. The second-order valence-corrected chi connectivity index (χ2v) is 7.20. The highest BCUT2D eigenvalue weighted by Crippen LogP contribution is 2.10. The van der Waals surface area contributed by atoms with Crippen LogP contribution in [0.3, 0.4) is 0 Å². The van der Waals surface area contributed by atoms with Crippen molar-refractivity contribution in [3.63, 3.8) is 0 Å². The van der Waals surface area contributed by atoms with Crippen molar-refractivity contribution in [2.45, 2.75) is 13.0 Å². The number of guanidine groups is 1. The molecule has 0 spiro atoms. The molecule has 30 heavy (non-hydrogen) atoms. The summed E-state index contributed by atoms with van der Waals surface area (Å²) in [5, 5.41) is 3.50. The zero-order valence-electron chi connectivity index (χ0n) is 17.4. The average Bonchev–Trinajstić information content (AvgIpc) is 3.25. The summed E-state index contributed by atoms with van der Waals surface area (Å²) >= 11 is 0. The number of piperazine rings is 1. The van der Waals surface area contributed by atoms with Crippen LogP contribution in [0.4, 0.5) is 5.95 Å². The van der Waals surface area contributed by atoms with Crippen LogP contribution in [0.25, 0.3) is 0 Å². The molecule has 3 heterocycles. The van der Waals surface area contributed by atoms with E-state index in [2.05, 4.69) is 63.9 Å². The predicted octanol–water partition coefficient (Wildman–Crippen LogP) is 1.66. The zero-order chi connectivity index (χ0) is 20.6. The SMILES string of the molecule is CN=C(NCCc1nccn1Cc1ccccc1)N1CCN(c2ncccn2)CC1. The Labute approximate surface area is 177 Å². The van der Waals surface area contributed by atoms with E-state index < -0.39 is 0 Å². The summed E-state index contributed by atoms with van der Waals surface area (Å²) in [5.74, 6) is 2.81. The summed E-state index contributed by atoms with van der Waals surface area (Å²) in [6.45, 7) is 5.18. The smallest absolute Gasteiger partial charge is 0.225 e. The molecule has 0 aliphatic carbocycles. The van der Waals surface area contributed by atoms with Crippen LogP contribution in [0.1, 0.15) is 11.4 Å². The first-order valence-corrected chi connectivity index (χ1v) is 10.3. The van der Waals surface area contributed by atoms with Crippen LogP contribution in [-0.2, 0) is 13.0 Å². The van der Waals surface area contributed by atoms with Crippen molar-refractivity contribution in [3.05, 3.63) is 72.6 Å². The Bertz CT molecular complexity index is 930. The molecule has 1 aliphatic rings. The molecular formula is C22H28N8. The van der Waals surface area contributed by atoms with E-state index in [0.717, 1.165) is 63.4 Å². The Morgan fingerprint density at radius 2 is 1.73 bits per heavy atom. The van der Waals surface area contributed by atoms with Crippen LogP contribution in [0.5, 0.6) is 0 Å². The lowest BCUT2D eigenvalue weighted by molar-refractivity contribution is 0.370. The minimum Gasteiger partial charge on any atom is -0.356 e. The Hall–Kier alpha value is -3.42. The van der Waals surface area contributed by atoms with Crippen LogP contribution >= 0.6 is 0 Å². The largest absolute Gasteiger partial charge is 0.356 e. The van der Waals surface area contributed by atoms with Crippen molar-refractivity contribution >= 4 is 11.9 Å². The molecule has 8 heteroatoms. The lowest BCUT2D eigenvalue weighted by Gasteiger charge is -2.36. The van der Waals surface area contributed by atoms with Crippen LogP contribution in [-0.4, -0.2) is 70.1 Å². The molecule has 4 rings (SSSR count). The van der Waals surface area contributed by atoms with Gasteiger partial charge in [-0.3, -0.25) is 4.99 Å². The Balaban J connectivity index is 1.26. The van der Waals surface area contributed by atoms with Crippen LogP contribution < -0.4 is 10.2 Å². The van der Waals surface area contributed by atoms with E-state index in [9.17, 15) is 0 Å². The van der Waals surface area contributed by atoms with Gasteiger partial charge in [-0.1, -0.05) is 30.3 Å². The molecule has 1 aliphatic heterocycles. The maximum atomic E-state index is 4.54. The van der Waals surface area contributed by atoms with Crippen molar-refractivity contribution in [1.29, 1.82) is 0 Å². The fourth-order valence-corrected chi connectivity index (χ4v) is 3.68. The molecule has 1 fully saturated rings. The van der Waals surface area contributed by atoms with Gasteiger partial charge < -0.3 is 19.7 Å². The lowest BCUT2D eigenvalue weighted by atomic mass is 10.2. The van der Waals surface area contributed by atoms with Gasteiger partial charge >= 0.3 is 0 Å². The number of nitrogens with one attached hydrogen (secondary N) is 1. The molecule has 0 amide bonds. The fraction of sp³-hybridized carbons (Fsp3) is 0.364. The third-order valence-corrected chi connectivity index (χ3v) is 5.26. The topological polar surface area (TPSA) is 74.5 Å². The van der Waals surface area contributed by atoms with Gasteiger partial charge in [0.2, 0.25) is 5.95 Å². The van der Waals surface area contributed by atoms with E-state index in [-0.39, 0.29) is 0 Å². The third kappa shape index (κ3) is 4.94. The maximum Gasteiger partial charge on any atom is 0.225 e. The molecule has 0 saturated carbocycles. The van der Waals surface area contributed by atoms with Gasteiger partial charge in [0.15, 0.2) is 5.96 Å². The van der Waals surface area contributed by atoms with Crippen LogP contribution in [0.15, 0.2) is 66.2 Å². The Morgan fingerprint density at radius 1 is 0.967 bits per heavy atom. The standard InChI is InChI=1S/C22H28N8/c1-23-21(28-14-16-29(17-15-28)22-25-9-5-10-26-22)27-11-8-20-24-12-13-30(20)18-19-6-3-2-4-7-19/h2-7,9-10,12-13H,8,11,14-18H2,1H3,(H,23,27). The van der Waals surface area contributed by atoms with E-state index >= 15 is 0 Å². The zero-order valence-corrected chi connectivity index (χ0v) is 17.4. The number of aromatic nitrogens is 4. The molecule has 8 nitrogen and oxygen atoms in total. The quantitative estimate of drug-likeness (QED) is 0.498. The van der Waals surface area contributed by atoms with Gasteiger partial charge in [-0.05, 0) is 11.6 Å². The highest BCUT2D eigenvalue weighted by molar-refractivity contribution is 5.80. The predicted molar refractivity (Wildman–Crippen MR) is 119 cm³/mol. The van der Waals surface area contributed by atoms with Crippen molar-refractivity contribution in [2.24, 2.45) is 4.99 Å². The summed E-state index contributed by atoms with van der Waals surface area (Å²) in [6, 6.07) is 12.3. The van der Waals surface area contributed by atoms with E-state index in [1.165, 1.54) is 5.56 Å². The van der Waals surface area contributed by atoms with Gasteiger partial charge in [0.05, 0.1) is 0 Å². The number of rotatable bonds is 6. The van der Waals surface area contributed by atoms with Crippen LogP contribution in [0.2, 0.25) is 0 Å². The molecule has 3 aromatic rings. The summed E-state index contributed by atoms with van der Waals surface area (Å²) in [5.41, 5.74) is 1.28. The van der Waals surface area contributed by atoms with E-state index in [0.29, 0.717) is 0 Å². The van der Waals surface area contributed by atoms with Crippen molar-refractivity contribution in [2.75, 3.05) is 44.7 Å². The first kappa shape index (κ1) is 19.9. The molecular weight excluding hydrogens is 376 g/mol. The summed E-state index contributed by atoms with van der Waals surface area (Å²) < 4.78 is 2.21. The molecule has 0 bridgehead atoms. The number of hydrogen-bond acceptors (Lipinski definition) is 5.